The lowest BCUT2D eigenvalue weighted by Crippen LogP contribution is -2.50. The highest BCUT2D eigenvalue weighted by Crippen LogP contribution is 2.24. The molecule has 3 rings (SSSR count). The number of carbonyl (C=O) groups excluding carboxylic acids is 1. The van der Waals surface area contributed by atoms with E-state index in [-0.39, 0.29) is 18.5 Å². The van der Waals surface area contributed by atoms with Crippen LogP contribution in [0.4, 0.5) is 0 Å². The average molecular weight is 429 g/mol. The van der Waals surface area contributed by atoms with Crippen LogP contribution < -0.4 is 11.0 Å². The van der Waals surface area contributed by atoms with Gasteiger partial charge in [-0.1, -0.05) is 35.9 Å². The summed E-state index contributed by atoms with van der Waals surface area (Å²) in [6, 6.07) is 13.3. The Balaban J connectivity index is 1.94. The molecule has 1 amide bonds. The summed E-state index contributed by atoms with van der Waals surface area (Å²) in [6.45, 7) is 3.16. The van der Waals surface area contributed by atoms with Crippen LogP contribution in [0.25, 0.3) is 22.0 Å². The summed E-state index contributed by atoms with van der Waals surface area (Å²) in [5, 5.41) is 9.31. The van der Waals surface area contributed by atoms with Gasteiger partial charge < -0.3 is 0 Å². The zero-order chi connectivity index (χ0) is 22.1. The molecule has 158 valence electrons. The van der Waals surface area contributed by atoms with Gasteiger partial charge in [0.15, 0.2) is 14.6 Å². The van der Waals surface area contributed by atoms with Crippen molar-refractivity contribution < 1.29 is 18.4 Å². The molecule has 0 spiro atoms. The minimum atomic E-state index is -3.85. The van der Waals surface area contributed by atoms with Gasteiger partial charge in [-0.25, -0.2) is 18.9 Å². The Hall–Kier alpha value is -3.04. The summed E-state index contributed by atoms with van der Waals surface area (Å²) >= 11 is 0. The fourth-order valence-electron chi connectivity index (χ4n) is 3.16. The lowest BCUT2D eigenvalue weighted by atomic mass is 10.0. The van der Waals surface area contributed by atoms with Gasteiger partial charge in [0.05, 0.1) is 17.2 Å². The van der Waals surface area contributed by atoms with E-state index in [1.54, 1.807) is 6.07 Å². The normalized spacial score (nSPS) is 13.7. The van der Waals surface area contributed by atoms with Crippen molar-refractivity contribution in [3.05, 3.63) is 64.7 Å². The molecule has 1 atom stereocenters. The summed E-state index contributed by atoms with van der Waals surface area (Å²) in [4.78, 5) is 29.1. The van der Waals surface area contributed by atoms with E-state index in [2.05, 4.69) is 4.98 Å². The summed E-state index contributed by atoms with van der Waals surface area (Å²) in [5.41, 5.74) is 4.66. The molecule has 2 aromatic carbocycles. The molecule has 0 saturated carbocycles. The van der Waals surface area contributed by atoms with Crippen molar-refractivity contribution in [2.45, 2.75) is 31.6 Å². The predicted molar refractivity (Wildman–Crippen MR) is 114 cm³/mol. The first-order valence-electron chi connectivity index (χ1n) is 9.27. The Kier molecular flexibility index (Phi) is 5.78. The molecular formula is C21H23N3O5S. The van der Waals surface area contributed by atoms with Crippen LogP contribution in [-0.4, -0.2) is 40.1 Å². The van der Waals surface area contributed by atoms with E-state index in [0.29, 0.717) is 10.9 Å². The molecule has 1 heterocycles. The van der Waals surface area contributed by atoms with E-state index in [1.165, 1.54) is 23.3 Å². The number of aromatic nitrogens is 2. The van der Waals surface area contributed by atoms with Crippen molar-refractivity contribution in [1.29, 1.82) is 0 Å². The first kappa shape index (κ1) is 21.7. The second-order valence-electron chi connectivity index (χ2n) is 7.54. The number of nitrogens with one attached hydrogen (secondary N) is 1. The number of hydrogen-bond acceptors (Lipinski definition) is 6. The minimum absolute atomic E-state index is 0.0571. The molecule has 0 aliphatic heterocycles. The quantitative estimate of drug-likeness (QED) is 0.457. The highest BCUT2D eigenvalue weighted by molar-refractivity contribution is 7.92. The highest BCUT2D eigenvalue weighted by atomic mass is 32.2. The molecular weight excluding hydrogens is 406 g/mol. The molecule has 1 aromatic heterocycles. The number of amides is 1. The van der Waals surface area contributed by atoms with E-state index < -0.39 is 20.5 Å². The molecule has 3 aromatic rings. The van der Waals surface area contributed by atoms with Gasteiger partial charge in [0.2, 0.25) is 0 Å². The maximum absolute atomic E-state index is 12.9. The summed E-state index contributed by atoms with van der Waals surface area (Å²) in [6.07, 6.45) is 2.05. The largest absolute Gasteiger partial charge is 0.299 e. The number of benzene rings is 2. The minimum Gasteiger partial charge on any atom is -0.299 e. The second-order valence-corrected chi connectivity index (χ2v) is 9.98. The van der Waals surface area contributed by atoms with Crippen LogP contribution in [0.2, 0.25) is 0 Å². The van der Waals surface area contributed by atoms with E-state index in [4.69, 9.17) is 5.21 Å². The van der Waals surface area contributed by atoms with Crippen LogP contribution in [0.5, 0.6) is 0 Å². The van der Waals surface area contributed by atoms with Crippen molar-refractivity contribution in [2.24, 2.45) is 0 Å². The standard InChI is InChI=1S/C21H23N3O5S/c1-14-4-6-15(7-5-14)16-8-9-17-18(12-16)22-13-24(19(17)25)11-10-21(2,20(26)23-27)30(3,28)29/h4-9,12-13,27H,10-11H2,1-3H3,(H,23,26)/t21-/m0/s1. The van der Waals surface area contributed by atoms with Crippen molar-refractivity contribution in [1.82, 2.24) is 15.0 Å². The monoisotopic (exact) mass is 429 g/mol. The summed E-state index contributed by atoms with van der Waals surface area (Å²) in [7, 11) is -3.85. The molecule has 0 aliphatic carbocycles. The maximum atomic E-state index is 12.9. The van der Waals surface area contributed by atoms with Crippen LogP contribution in [0.3, 0.4) is 0 Å². The first-order valence-corrected chi connectivity index (χ1v) is 11.2. The van der Waals surface area contributed by atoms with Crippen LogP contribution >= 0.6 is 0 Å². The van der Waals surface area contributed by atoms with Gasteiger partial charge in [0.25, 0.3) is 11.5 Å². The Morgan fingerprint density at radius 2 is 1.80 bits per heavy atom. The average Bonchev–Trinajstić information content (AvgIpc) is 2.72. The van der Waals surface area contributed by atoms with Gasteiger partial charge in [0, 0.05) is 12.8 Å². The molecule has 2 N–H and O–H groups in total. The number of rotatable bonds is 6. The first-order chi connectivity index (χ1) is 14.1. The fraction of sp³-hybridized carbons (Fsp3) is 0.286. The molecule has 0 bridgehead atoms. The van der Waals surface area contributed by atoms with Gasteiger partial charge in [-0.05, 0) is 43.5 Å². The number of hydroxylamine groups is 1. The second kappa shape index (κ2) is 8.00. The fourth-order valence-corrected chi connectivity index (χ4v) is 4.01. The van der Waals surface area contributed by atoms with E-state index >= 15 is 0 Å². The summed E-state index contributed by atoms with van der Waals surface area (Å²) in [5.74, 6) is -1.05. The van der Waals surface area contributed by atoms with E-state index in [1.807, 2.05) is 43.3 Å². The highest BCUT2D eigenvalue weighted by Gasteiger charge is 2.43. The number of fused-ring (bicyclic) bond motifs is 1. The molecule has 30 heavy (non-hydrogen) atoms. The molecule has 8 nitrogen and oxygen atoms in total. The molecule has 0 aliphatic rings. The van der Waals surface area contributed by atoms with Crippen molar-refractivity contribution in [2.75, 3.05) is 6.26 Å². The van der Waals surface area contributed by atoms with Crippen LogP contribution in [0, 0.1) is 6.92 Å². The number of hydrogen-bond donors (Lipinski definition) is 2. The van der Waals surface area contributed by atoms with Gasteiger partial charge in [0.1, 0.15) is 0 Å². The van der Waals surface area contributed by atoms with Crippen LogP contribution in [-0.2, 0) is 21.2 Å². The third kappa shape index (κ3) is 3.99. The van der Waals surface area contributed by atoms with E-state index in [0.717, 1.165) is 22.9 Å². The number of aryl methyl sites for hydroxylation is 2. The van der Waals surface area contributed by atoms with Gasteiger partial charge >= 0.3 is 0 Å². The van der Waals surface area contributed by atoms with Gasteiger partial charge in [-0.15, -0.1) is 0 Å². The zero-order valence-corrected chi connectivity index (χ0v) is 17.7. The smallest absolute Gasteiger partial charge is 0.264 e. The van der Waals surface area contributed by atoms with E-state index in [9.17, 15) is 18.0 Å². The lowest BCUT2D eigenvalue weighted by Gasteiger charge is -2.25. The number of sulfone groups is 1. The Labute approximate surface area is 174 Å². The predicted octanol–water partition coefficient (Wildman–Crippen LogP) is 2.07. The zero-order valence-electron chi connectivity index (χ0n) is 16.9. The van der Waals surface area contributed by atoms with Gasteiger partial charge in [-0.3, -0.25) is 19.4 Å². The molecule has 9 heteroatoms. The SMILES string of the molecule is Cc1ccc(-c2ccc3c(=O)n(CC[C@@](C)(C(=O)NO)S(C)(=O)=O)cnc3c2)cc1. The van der Waals surface area contributed by atoms with Gasteiger partial charge in [-0.2, -0.15) is 0 Å². The topological polar surface area (TPSA) is 118 Å². The van der Waals surface area contributed by atoms with Crippen LogP contribution in [0.15, 0.2) is 53.6 Å². The lowest BCUT2D eigenvalue weighted by molar-refractivity contribution is -0.131. The summed E-state index contributed by atoms with van der Waals surface area (Å²) < 4.78 is 23.6. The number of nitrogens with zero attached hydrogens (tertiary/aromatic N) is 2. The third-order valence-corrected chi connectivity index (χ3v) is 7.47. The Bertz CT molecular complexity index is 1270. The third-order valence-electron chi connectivity index (χ3n) is 5.44. The molecule has 0 radical (unpaired) electrons. The van der Waals surface area contributed by atoms with Crippen molar-refractivity contribution in [3.63, 3.8) is 0 Å². The number of carbonyl (C=O) groups is 1. The van der Waals surface area contributed by atoms with Crippen LogP contribution in [0.1, 0.15) is 18.9 Å². The Morgan fingerprint density at radius 3 is 2.40 bits per heavy atom. The molecule has 0 unspecified atom stereocenters. The maximum Gasteiger partial charge on any atom is 0.264 e. The Morgan fingerprint density at radius 1 is 1.17 bits per heavy atom. The van der Waals surface area contributed by atoms with Crippen molar-refractivity contribution >= 4 is 26.6 Å². The molecule has 0 fully saturated rings. The molecule has 0 saturated heterocycles. The van der Waals surface area contributed by atoms with Crippen molar-refractivity contribution in [3.8, 4) is 11.1 Å².